The van der Waals surface area contributed by atoms with Crippen LogP contribution in [0.3, 0.4) is 0 Å². The van der Waals surface area contributed by atoms with E-state index in [0.29, 0.717) is 30.0 Å². The van der Waals surface area contributed by atoms with Crippen molar-refractivity contribution in [3.05, 3.63) is 59.2 Å². The van der Waals surface area contributed by atoms with Crippen LogP contribution >= 0.6 is 0 Å². The summed E-state index contributed by atoms with van der Waals surface area (Å²) in [5, 5.41) is 2.93. The molecule has 0 saturated carbocycles. The summed E-state index contributed by atoms with van der Waals surface area (Å²) >= 11 is 0. The number of ether oxygens (including phenoxy) is 1. The van der Waals surface area contributed by atoms with Crippen molar-refractivity contribution in [2.45, 2.75) is 37.6 Å². The van der Waals surface area contributed by atoms with Gasteiger partial charge >= 0.3 is 0 Å². The molecule has 0 radical (unpaired) electrons. The first-order chi connectivity index (χ1) is 13.3. The molecule has 0 aromatic heterocycles. The molecule has 150 valence electrons. The monoisotopic (exact) mass is 402 g/mol. The smallest absolute Gasteiger partial charge is 0.251 e. The highest BCUT2D eigenvalue weighted by atomic mass is 32.2. The first kappa shape index (κ1) is 20.4. The number of benzene rings is 2. The zero-order valence-electron chi connectivity index (χ0n) is 16.4. The molecule has 1 fully saturated rings. The molecule has 1 atom stereocenters. The standard InChI is InChI=1S/C21H26N2O4S/c1-15-10-11-17(14-20(15)28(25,26)23-12-6-7-13-23)21(24)22-16(2)18-8-4-5-9-19(18)27-3/h4-5,8-11,14,16H,6-7,12-13H2,1-3H3,(H,22,24)/t16-/m1/s1. The van der Waals surface area contributed by atoms with Gasteiger partial charge < -0.3 is 10.1 Å². The van der Waals surface area contributed by atoms with Crippen LogP contribution in [-0.2, 0) is 10.0 Å². The van der Waals surface area contributed by atoms with Gasteiger partial charge in [0.25, 0.3) is 5.91 Å². The summed E-state index contributed by atoms with van der Waals surface area (Å²) in [6.45, 7) is 4.68. The highest BCUT2D eigenvalue weighted by molar-refractivity contribution is 7.89. The topological polar surface area (TPSA) is 75.7 Å². The number of hydrogen-bond donors (Lipinski definition) is 1. The molecule has 3 rings (SSSR count). The van der Waals surface area contributed by atoms with Gasteiger partial charge in [-0.15, -0.1) is 0 Å². The van der Waals surface area contributed by atoms with Gasteiger partial charge in [0.15, 0.2) is 0 Å². The minimum absolute atomic E-state index is 0.201. The summed E-state index contributed by atoms with van der Waals surface area (Å²) in [4.78, 5) is 13.0. The minimum atomic E-state index is -3.58. The van der Waals surface area contributed by atoms with E-state index >= 15 is 0 Å². The van der Waals surface area contributed by atoms with Crippen molar-refractivity contribution in [2.24, 2.45) is 0 Å². The molecule has 1 N–H and O–H groups in total. The van der Waals surface area contributed by atoms with Crippen molar-refractivity contribution in [3.8, 4) is 5.75 Å². The van der Waals surface area contributed by atoms with Crippen LogP contribution in [0.1, 0.15) is 47.3 Å². The zero-order valence-corrected chi connectivity index (χ0v) is 17.3. The second-order valence-electron chi connectivity index (χ2n) is 7.03. The van der Waals surface area contributed by atoms with Gasteiger partial charge in [0.1, 0.15) is 5.75 Å². The van der Waals surface area contributed by atoms with Crippen molar-refractivity contribution < 1.29 is 17.9 Å². The number of amides is 1. The summed E-state index contributed by atoms with van der Waals surface area (Å²) in [5.41, 5.74) is 1.82. The van der Waals surface area contributed by atoms with E-state index in [2.05, 4.69) is 5.32 Å². The van der Waals surface area contributed by atoms with Crippen molar-refractivity contribution in [1.82, 2.24) is 9.62 Å². The van der Waals surface area contributed by atoms with Crippen molar-refractivity contribution in [1.29, 1.82) is 0 Å². The molecule has 2 aromatic rings. The van der Waals surface area contributed by atoms with Crippen LogP contribution in [0.4, 0.5) is 0 Å². The lowest BCUT2D eigenvalue weighted by molar-refractivity contribution is 0.0939. The Morgan fingerprint density at radius 3 is 2.50 bits per heavy atom. The minimum Gasteiger partial charge on any atom is -0.496 e. The molecule has 1 amide bonds. The molecule has 6 nitrogen and oxygen atoms in total. The lowest BCUT2D eigenvalue weighted by atomic mass is 10.1. The van der Waals surface area contributed by atoms with Crippen LogP contribution in [0.2, 0.25) is 0 Å². The molecule has 1 aliphatic heterocycles. The average Bonchev–Trinajstić information content (AvgIpc) is 3.23. The van der Waals surface area contributed by atoms with E-state index in [1.807, 2.05) is 31.2 Å². The molecule has 0 unspecified atom stereocenters. The van der Waals surface area contributed by atoms with E-state index in [4.69, 9.17) is 4.74 Å². The fourth-order valence-electron chi connectivity index (χ4n) is 3.47. The lowest BCUT2D eigenvalue weighted by Crippen LogP contribution is -2.30. The highest BCUT2D eigenvalue weighted by Crippen LogP contribution is 2.26. The second kappa shape index (κ2) is 8.32. The van der Waals surface area contributed by atoms with Gasteiger partial charge in [-0.05, 0) is 50.5 Å². The first-order valence-corrected chi connectivity index (χ1v) is 10.8. The molecule has 1 aliphatic rings. The van der Waals surface area contributed by atoms with Gasteiger partial charge in [-0.25, -0.2) is 8.42 Å². The van der Waals surface area contributed by atoms with Gasteiger partial charge in [0, 0.05) is 24.2 Å². The zero-order chi connectivity index (χ0) is 20.3. The normalized spacial score (nSPS) is 16.0. The lowest BCUT2D eigenvalue weighted by Gasteiger charge is -2.19. The van der Waals surface area contributed by atoms with E-state index in [0.717, 1.165) is 18.4 Å². The van der Waals surface area contributed by atoms with Gasteiger partial charge in [-0.3, -0.25) is 4.79 Å². The molecular formula is C21H26N2O4S. The maximum absolute atomic E-state index is 12.9. The number of carbonyl (C=O) groups is 1. The largest absolute Gasteiger partial charge is 0.496 e. The first-order valence-electron chi connectivity index (χ1n) is 9.39. The number of carbonyl (C=O) groups excluding carboxylic acids is 1. The number of aryl methyl sites for hydroxylation is 1. The van der Waals surface area contributed by atoms with Crippen LogP contribution in [-0.4, -0.2) is 38.8 Å². The SMILES string of the molecule is COc1ccccc1[C@@H](C)NC(=O)c1ccc(C)c(S(=O)(=O)N2CCCC2)c1. The molecule has 28 heavy (non-hydrogen) atoms. The number of nitrogens with zero attached hydrogens (tertiary/aromatic N) is 1. The van der Waals surface area contributed by atoms with Crippen LogP contribution < -0.4 is 10.1 Å². The van der Waals surface area contributed by atoms with E-state index in [1.165, 1.54) is 10.4 Å². The van der Waals surface area contributed by atoms with E-state index < -0.39 is 10.0 Å². The summed E-state index contributed by atoms with van der Waals surface area (Å²) in [7, 11) is -2.00. The quantitative estimate of drug-likeness (QED) is 0.805. The Bertz CT molecular complexity index is 966. The van der Waals surface area contributed by atoms with Crippen molar-refractivity contribution in [3.63, 3.8) is 0 Å². The highest BCUT2D eigenvalue weighted by Gasteiger charge is 2.29. The van der Waals surface area contributed by atoms with Crippen LogP contribution in [0.5, 0.6) is 5.75 Å². The van der Waals surface area contributed by atoms with Gasteiger partial charge in [-0.1, -0.05) is 24.3 Å². The molecule has 7 heteroatoms. The maximum atomic E-state index is 12.9. The number of hydrogen-bond acceptors (Lipinski definition) is 4. The maximum Gasteiger partial charge on any atom is 0.251 e. The number of methoxy groups -OCH3 is 1. The Kier molecular flexibility index (Phi) is 6.05. The fraction of sp³-hybridized carbons (Fsp3) is 0.381. The van der Waals surface area contributed by atoms with Crippen molar-refractivity contribution in [2.75, 3.05) is 20.2 Å². The third-order valence-corrected chi connectivity index (χ3v) is 7.13. The number of nitrogens with one attached hydrogen (secondary N) is 1. The third kappa shape index (κ3) is 4.05. The third-order valence-electron chi connectivity index (χ3n) is 5.09. The molecule has 1 heterocycles. The van der Waals surface area contributed by atoms with Crippen LogP contribution in [0.25, 0.3) is 0 Å². The second-order valence-corrected chi connectivity index (χ2v) is 8.93. The average molecular weight is 403 g/mol. The van der Waals surface area contributed by atoms with E-state index in [9.17, 15) is 13.2 Å². The predicted molar refractivity (Wildman–Crippen MR) is 108 cm³/mol. The summed E-state index contributed by atoms with van der Waals surface area (Å²) in [5.74, 6) is 0.368. The Morgan fingerprint density at radius 1 is 1.14 bits per heavy atom. The Balaban J connectivity index is 1.85. The van der Waals surface area contributed by atoms with E-state index in [-0.39, 0.29) is 16.8 Å². The molecule has 2 aromatic carbocycles. The van der Waals surface area contributed by atoms with Gasteiger partial charge in [0.05, 0.1) is 18.0 Å². The predicted octanol–water partition coefficient (Wildman–Crippen LogP) is 3.28. The molecule has 0 aliphatic carbocycles. The molecule has 0 spiro atoms. The Morgan fingerprint density at radius 2 is 1.82 bits per heavy atom. The van der Waals surface area contributed by atoms with Crippen LogP contribution in [0.15, 0.2) is 47.4 Å². The number of para-hydroxylation sites is 1. The fourth-order valence-corrected chi connectivity index (χ4v) is 5.24. The number of rotatable bonds is 6. The van der Waals surface area contributed by atoms with Gasteiger partial charge in [0.2, 0.25) is 10.0 Å². The van der Waals surface area contributed by atoms with Gasteiger partial charge in [-0.2, -0.15) is 4.31 Å². The summed E-state index contributed by atoms with van der Waals surface area (Å²) in [6.07, 6.45) is 1.74. The Hall–Kier alpha value is -2.38. The summed E-state index contributed by atoms with van der Waals surface area (Å²) in [6, 6.07) is 12.0. The van der Waals surface area contributed by atoms with Crippen LogP contribution in [0, 0.1) is 6.92 Å². The summed E-state index contributed by atoms with van der Waals surface area (Å²) < 4.78 is 32.7. The molecular weight excluding hydrogens is 376 g/mol. The number of sulfonamides is 1. The van der Waals surface area contributed by atoms with Crippen molar-refractivity contribution >= 4 is 15.9 Å². The molecule has 1 saturated heterocycles. The Labute approximate surface area is 166 Å². The molecule has 0 bridgehead atoms. The van der Waals surface area contributed by atoms with E-state index in [1.54, 1.807) is 26.2 Å².